The Morgan fingerprint density at radius 2 is 1.76 bits per heavy atom. The first-order valence-corrected chi connectivity index (χ1v) is 6.49. The third kappa shape index (κ3) is 2.38. The van der Waals surface area contributed by atoms with E-state index in [1.165, 1.54) is 16.5 Å². The molecule has 0 aliphatic rings. The lowest BCUT2D eigenvalue weighted by Crippen LogP contribution is -2.20. The van der Waals surface area contributed by atoms with Crippen molar-refractivity contribution in [2.75, 3.05) is 0 Å². The third-order valence-corrected chi connectivity index (χ3v) is 3.15. The van der Waals surface area contributed by atoms with Crippen molar-refractivity contribution in [1.82, 2.24) is 4.57 Å². The Balaban J connectivity index is 2.63. The second-order valence-corrected chi connectivity index (χ2v) is 6.31. The Hall–Kier alpha value is -1.24. The fourth-order valence-electron chi connectivity index (χ4n) is 2.41. The van der Waals surface area contributed by atoms with Crippen LogP contribution in [0.2, 0.25) is 0 Å². The van der Waals surface area contributed by atoms with Crippen LogP contribution >= 0.6 is 0 Å². The van der Waals surface area contributed by atoms with Crippen LogP contribution < -0.4 is 0 Å². The van der Waals surface area contributed by atoms with Gasteiger partial charge < -0.3 is 4.57 Å². The molecule has 0 spiro atoms. The monoisotopic (exact) mass is 229 g/mol. The Morgan fingerprint density at radius 3 is 2.35 bits per heavy atom. The van der Waals surface area contributed by atoms with Crippen LogP contribution in [0, 0.1) is 5.92 Å². The van der Waals surface area contributed by atoms with E-state index < -0.39 is 0 Å². The van der Waals surface area contributed by atoms with Gasteiger partial charge in [0.05, 0.1) is 0 Å². The third-order valence-electron chi connectivity index (χ3n) is 3.15. The van der Waals surface area contributed by atoms with Gasteiger partial charge in [-0.1, -0.05) is 32.0 Å². The van der Waals surface area contributed by atoms with Gasteiger partial charge in [0.25, 0.3) is 0 Å². The van der Waals surface area contributed by atoms with E-state index in [4.69, 9.17) is 0 Å². The summed E-state index contributed by atoms with van der Waals surface area (Å²) < 4.78 is 2.40. The molecule has 0 N–H and O–H groups in total. The maximum atomic E-state index is 2.40. The molecule has 0 saturated carbocycles. The highest BCUT2D eigenvalue weighted by atomic mass is 15.0. The van der Waals surface area contributed by atoms with Gasteiger partial charge in [-0.25, -0.2) is 0 Å². The van der Waals surface area contributed by atoms with Gasteiger partial charge in [0.2, 0.25) is 0 Å². The van der Waals surface area contributed by atoms with E-state index in [1.54, 1.807) is 0 Å². The first kappa shape index (κ1) is 12.2. The number of hydrogen-bond acceptors (Lipinski definition) is 0. The van der Waals surface area contributed by atoms with Crippen molar-refractivity contribution in [3.05, 3.63) is 36.0 Å². The molecule has 0 fully saturated rings. The van der Waals surface area contributed by atoms with Crippen LogP contribution in [0.5, 0.6) is 0 Å². The summed E-state index contributed by atoms with van der Waals surface area (Å²) in [5.41, 5.74) is 2.98. The smallest absolute Gasteiger partial charge is 0.0488 e. The van der Waals surface area contributed by atoms with Crippen molar-refractivity contribution in [1.29, 1.82) is 0 Å². The van der Waals surface area contributed by atoms with Gasteiger partial charge in [0.15, 0.2) is 0 Å². The Labute approximate surface area is 104 Å². The molecule has 0 aliphatic carbocycles. The van der Waals surface area contributed by atoms with E-state index in [2.05, 4.69) is 69.6 Å². The predicted octanol–water partition coefficient (Wildman–Crippen LogP) is 4.59. The van der Waals surface area contributed by atoms with Gasteiger partial charge in [-0.15, -0.1) is 0 Å². The molecule has 0 amide bonds. The maximum absolute atomic E-state index is 2.40. The number of para-hydroxylation sites is 1. The molecule has 0 saturated heterocycles. The molecule has 92 valence electrons. The summed E-state index contributed by atoms with van der Waals surface area (Å²) in [6, 6.07) is 8.74. The van der Waals surface area contributed by atoms with Crippen LogP contribution in [0.25, 0.3) is 10.9 Å². The molecule has 0 aliphatic heterocycles. The van der Waals surface area contributed by atoms with Gasteiger partial charge >= 0.3 is 0 Å². The van der Waals surface area contributed by atoms with E-state index in [1.807, 2.05) is 0 Å². The van der Waals surface area contributed by atoms with Gasteiger partial charge in [-0.3, -0.25) is 0 Å². The van der Waals surface area contributed by atoms with Crippen molar-refractivity contribution >= 4 is 10.9 Å². The Morgan fingerprint density at radius 1 is 1.12 bits per heavy atom. The van der Waals surface area contributed by atoms with Crippen LogP contribution in [-0.4, -0.2) is 4.57 Å². The average Bonchev–Trinajstić information content (AvgIpc) is 2.56. The summed E-state index contributed by atoms with van der Waals surface area (Å²) >= 11 is 0. The second kappa shape index (κ2) is 4.21. The maximum Gasteiger partial charge on any atom is 0.0488 e. The first-order valence-electron chi connectivity index (χ1n) is 6.49. The van der Waals surface area contributed by atoms with Gasteiger partial charge in [-0.05, 0) is 44.7 Å². The molecule has 0 bridgehead atoms. The van der Waals surface area contributed by atoms with Crippen molar-refractivity contribution in [2.45, 2.75) is 46.6 Å². The predicted molar refractivity (Wildman–Crippen MR) is 75.5 cm³/mol. The highest BCUT2D eigenvalue weighted by Crippen LogP contribution is 2.28. The molecule has 0 atom stereocenters. The zero-order valence-electron chi connectivity index (χ0n) is 11.6. The zero-order chi connectivity index (χ0) is 12.6. The van der Waals surface area contributed by atoms with E-state index in [-0.39, 0.29) is 5.54 Å². The summed E-state index contributed by atoms with van der Waals surface area (Å²) in [5, 5.41) is 1.41. The minimum Gasteiger partial charge on any atom is -0.342 e. The lowest BCUT2D eigenvalue weighted by atomic mass is 10.0. The zero-order valence-corrected chi connectivity index (χ0v) is 11.6. The minimum absolute atomic E-state index is 0.148. The molecule has 0 unspecified atom stereocenters. The van der Waals surface area contributed by atoms with Gasteiger partial charge in [0, 0.05) is 22.6 Å². The van der Waals surface area contributed by atoms with Crippen LogP contribution in [0.1, 0.15) is 40.2 Å². The fourth-order valence-corrected chi connectivity index (χ4v) is 2.41. The molecule has 1 heteroatoms. The molecule has 1 heterocycles. The number of benzene rings is 1. The lowest BCUT2D eigenvalue weighted by molar-refractivity contribution is 0.409. The van der Waals surface area contributed by atoms with E-state index in [0.717, 1.165) is 6.42 Å². The van der Waals surface area contributed by atoms with Crippen LogP contribution in [0.4, 0.5) is 0 Å². The molecule has 2 rings (SSSR count). The summed E-state index contributed by atoms with van der Waals surface area (Å²) in [7, 11) is 0. The largest absolute Gasteiger partial charge is 0.342 e. The summed E-state index contributed by atoms with van der Waals surface area (Å²) in [6.45, 7) is 11.3. The summed E-state index contributed by atoms with van der Waals surface area (Å²) in [6.07, 6.45) is 3.49. The number of aromatic nitrogens is 1. The molecule has 1 nitrogen and oxygen atoms in total. The van der Waals surface area contributed by atoms with E-state index >= 15 is 0 Å². The fraction of sp³-hybridized carbons (Fsp3) is 0.500. The number of nitrogens with zero attached hydrogens (tertiary/aromatic N) is 1. The SMILES string of the molecule is CC(C)Cc1cn(C(C)(C)C)c2ccccc12. The average molecular weight is 229 g/mol. The molecule has 0 radical (unpaired) electrons. The molecule has 17 heavy (non-hydrogen) atoms. The Kier molecular flexibility index (Phi) is 3.03. The molecule has 2 aromatic rings. The lowest BCUT2D eigenvalue weighted by Gasteiger charge is -2.22. The topological polar surface area (TPSA) is 4.93 Å². The second-order valence-electron chi connectivity index (χ2n) is 6.31. The van der Waals surface area contributed by atoms with Gasteiger partial charge in [0.1, 0.15) is 0 Å². The normalized spacial score (nSPS) is 12.6. The highest BCUT2D eigenvalue weighted by Gasteiger charge is 2.18. The van der Waals surface area contributed by atoms with Crippen LogP contribution in [-0.2, 0) is 12.0 Å². The van der Waals surface area contributed by atoms with E-state index in [9.17, 15) is 0 Å². The van der Waals surface area contributed by atoms with Crippen molar-refractivity contribution in [3.8, 4) is 0 Å². The molecule has 1 aromatic heterocycles. The number of rotatable bonds is 2. The quantitative estimate of drug-likeness (QED) is 0.709. The van der Waals surface area contributed by atoms with Crippen molar-refractivity contribution in [2.24, 2.45) is 5.92 Å². The van der Waals surface area contributed by atoms with Gasteiger partial charge in [-0.2, -0.15) is 0 Å². The van der Waals surface area contributed by atoms with Crippen molar-refractivity contribution < 1.29 is 0 Å². The Bertz CT molecular complexity index is 512. The number of hydrogen-bond donors (Lipinski definition) is 0. The molecular weight excluding hydrogens is 206 g/mol. The van der Waals surface area contributed by atoms with Crippen LogP contribution in [0.3, 0.4) is 0 Å². The first-order chi connectivity index (χ1) is 7.89. The molecular formula is C16H23N. The highest BCUT2D eigenvalue weighted by molar-refractivity contribution is 5.84. The van der Waals surface area contributed by atoms with E-state index in [0.29, 0.717) is 5.92 Å². The minimum atomic E-state index is 0.148. The standard InChI is InChI=1S/C16H23N/c1-12(2)10-13-11-17(16(3,4)5)15-9-7-6-8-14(13)15/h6-9,11-12H,10H2,1-5H3. The van der Waals surface area contributed by atoms with Crippen molar-refractivity contribution in [3.63, 3.8) is 0 Å². The summed E-state index contributed by atoms with van der Waals surface area (Å²) in [5.74, 6) is 0.703. The summed E-state index contributed by atoms with van der Waals surface area (Å²) in [4.78, 5) is 0. The molecule has 1 aromatic carbocycles. The number of fused-ring (bicyclic) bond motifs is 1. The van der Waals surface area contributed by atoms with Crippen LogP contribution in [0.15, 0.2) is 30.5 Å².